The van der Waals surface area contributed by atoms with E-state index in [1.54, 1.807) is 31.4 Å². The third-order valence-corrected chi connectivity index (χ3v) is 1.91. The van der Waals surface area contributed by atoms with Gasteiger partial charge < -0.3 is 4.74 Å². The van der Waals surface area contributed by atoms with Crippen LogP contribution in [0.4, 0.5) is 0 Å². The lowest BCUT2D eigenvalue weighted by atomic mass is 10.1. The molecule has 0 spiro atoms. The number of hydroxylamine groups is 1. The monoisotopic (exact) mass is 207 g/mol. The topological polar surface area (TPSA) is 47.6 Å². The quantitative estimate of drug-likeness (QED) is 0.599. The number of benzene rings is 1. The minimum Gasteiger partial charge on any atom is -0.497 e. The van der Waals surface area contributed by atoms with E-state index >= 15 is 0 Å². The fourth-order valence-corrected chi connectivity index (χ4v) is 1.08. The Balaban J connectivity index is 2.78. The van der Waals surface area contributed by atoms with Crippen molar-refractivity contribution >= 4 is 11.5 Å². The van der Waals surface area contributed by atoms with Crippen LogP contribution in [-0.4, -0.2) is 20.1 Å². The van der Waals surface area contributed by atoms with Crippen molar-refractivity contribution in [1.29, 1.82) is 0 Å². The molecular weight excluding hydrogens is 194 g/mol. The Morgan fingerprint density at radius 3 is 2.33 bits per heavy atom. The lowest BCUT2D eigenvalue weighted by Crippen LogP contribution is -2.22. The van der Waals surface area contributed by atoms with Crippen LogP contribution < -0.4 is 10.2 Å². The molecule has 4 heteroatoms. The molecular formula is C11H13NO3. The molecule has 0 aliphatic heterocycles. The number of hydrogen-bond acceptors (Lipinski definition) is 3. The smallest absolute Gasteiger partial charge is 0.274 e. The predicted molar refractivity (Wildman–Crippen MR) is 57.2 cm³/mol. The van der Waals surface area contributed by atoms with Crippen molar-refractivity contribution in [3.8, 4) is 5.75 Å². The Morgan fingerprint density at radius 2 is 1.87 bits per heavy atom. The van der Waals surface area contributed by atoms with Crippen molar-refractivity contribution in [3.63, 3.8) is 0 Å². The van der Waals surface area contributed by atoms with Crippen LogP contribution in [0.3, 0.4) is 0 Å². The maximum atomic E-state index is 11.3. The number of carbonyl (C=O) groups is 1. The number of nitrogens with one attached hydrogen (secondary N) is 1. The molecule has 1 aromatic carbocycles. The average Bonchev–Trinajstić information content (AvgIpc) is 2.28. The van der Waals surface area contributed by atoms with Crippen LogP contribution in [0.2, 0.25) is 0 Å². The van der Waals surface area contributed by atoms with E-state index in [1.165, 1.54) is 7.11 Å². The summed E-state index contributed by atoms with van der Waals surface area (Å²) in [6.45, 7) is 3.67. The molecule has 1 N–H and O–H groups in total. The van der Waals surface area contributed by atoms with Gasteiger partial charge >= 0.3 is 0 Å². The van der Waals surface area contributed by atoms with E-state index in [-0.39, 0.29) is 5.91 Å². The molecule has 80 valence electrons. The van der Waals surface area contributed by atoms with E-state index in [1.807, 2.05) is 0 Å². The fourth-order valence-electron chi connectivity index (χ4n) is 1.08. The van der Waals surface area contributed by atoms with Crippen LogP contribution in [0.5, 0.6) is 5.75 Å². The van der Waals surface area contributed by atoms with Gasteiger partial charge in [-0.2, -0.15) is 0 Å². The summed E-state index contributed by atoms with van der Waals surface area (Å²) in [5, 5.41) is 0. The third kappa shape index (κ3) is 2.82. The zero-order valence-corrected chi connectivity index (χ0v) is 8.74. The molecule has 15 heavy (non-hydrogen) atoms. The summed E-state index contributed by atoms with van der Waals surface area (Å²) >= 11 is 0. The van der Waals surface area contributed by atoms with E-state index in [9.17, 15) is 4.79 Å². The summed E-state index contributed by atoms with van der Waals surface area (Å²) < 4.78 is 5.00. The molecule has 0 bridgehead atoms. The maximum absolute atomic E-state index is 11.3. The van der Waals surface area contributed by atoms with E-state index < -0.39 is 0 Å². The number of ether oxygens (including phenoxy) is 1. The summed E-state index contributed by atoms with van der Waals surface area (Å²) in [7, 11) is 2.96. The van der Waals surface area contributed by atoms with Crippen LogP contribution in [0.15, 0.2) is 30.8 Å². The van der Waals surface area contributed by atoms with Gasteiger partial charge in [-0.05, 0) is 17.7 Å². The molecule has 1 rings (SSSR count). The zero-order chi connectivity index (χ0) is 11.3. The van der Waals surface area contributed by atoms with Gasteiger partial charge in [0.15, 0.2) is 0 Å². The number of rotatable bonds is 4. The highest BCUT2D eigenvalue weighted by Crippen LogP contribution is 2.17. The Morgan fingerprint density at radius 1 is 1.27 bits per heavy atom. The summed E-state index contributed by atoms with van der Waals surface area (Å²) in [4.78, 5) is 15.8. The highest BCUT2D eigenvalue weighted by atomic mass is 16.6. The molecule has 0 atom stereocenters. The van der Waals surface area contributed by atoms with Crippen LogP contribution in [-0.2, 0) is 9.63 Å². The second-order valence-electron chi connectivity index (χ2n) is 2.84. The summed E-state index contributed by atoms with van der Waals surface area (Å²) in [6.07, 6.45) is 0. The Labute approximate surface area is 88.5 Å². The predicted octanol–water partition coefficient (Wildman–Crippen LogP) is 1.39. The van der Waals surface area contributed by atoms with E-state index in [4.69, 9.17) is 4.74 Å². The van der Waals surface area contributed by atoms with Crippen molar-refractivity contribution in [1.82, 2.24) is 5.48 Å². The molecule has 0 fully saturated rings. The van der Waals surface area contributed by atoms with E-state index in [0.717, 1.165) is 11.3 Å². The Hall–Kier alpha value is -1.81. The summed E-state index contributed by atoms with van der Waals surface area (Å²) in [5.41, 5.74) is 3.28. The highest BCUT2D eigenvalue weighted by Gasteiger charge is 2.08. The summed E-state index contributed by atoms with van der Waals surface area (Å²) in [6, 6.07) is 7.05. The first-order chi connectivity index (χ1) is 7.19. The second kappa shape index (κ2) is 5.17. The van der Waals surface area contributed by atoms with Gasteiger partial charge in [0.25, 0.3) is 5.91 Å². The average molecular weight is 207 g/mol. The van der Waals surface area contributed by atoms with Crippen molar-refractivity contribution in [2.45, 2.75) is 0 Å². The molecule has 0 radical (unpaired) electrons. The molecule has 0 aliphatic rings. The van der Waals surface area contributed by atoms with Gasteiger partial charge in [-0.1, -0.05) is 18.7 Å². The van der Waals surface area contributed by atoms with Crippen molar-refractivity contribution in [3.05, 3.63) is 36.4 Å². The molecule has 4 nitrogen and oxygen atoms in total. The highest BCUT2D eigenvalue weighted by molar-refractivity contribution is 6.18. The first-order valence-corrected chi connectivity index (χ1v) is 4.35. The summed E-state index contributed by atoms with van der Waals surface area (Å²) in [5.74, 6) is 0.376. The van der Waals surface area contributed by atoms with Crippen molar-refractivity contribution < 1.29 is 14.4 Å². The van der Waals surface area contributed by atoms with Gasteiger partial charge in [0, 0.05) is 5.57 Å². The Kier molecular flexibility index (Phi) is 3.88. The van der Waals surface area contributed by atoms with Crippen LogP contribution in [0.25, 0.3) is 5.57 Å². The van der Waals surface area contributed by atoms with E-state index in [2.05, 4.69) is 16.9 Å². The van der Waals surface area contributed by atoms with Crippen molar-refractivity contribution in [2.24, 2.45) is 0 Å². The molecule has 0 heterocycles. The van der Waals surface area contributed by atoms with Gasteiger partial charge in [0.05, 0.1) is 14.2 Å². The fraction of sp³-hybridized carbons (Fsp3) is 0.182. The molecule has 1 aromatic rings. The molecule has 1 amide bonds. The van der Waals surface area contributed by atoms with Gasteiger partial charge in [0.2, 0.25) is 0 Å². The molecule has 0 unspecified atom stereocenters. The minimum absolute atomic E-state index is 0.347. The number of hydrogen-bond donors (Lipinski definition) is 1. The van der Waals surface area contributed by atoms with Crippen molar-refractivity contribution in [2.75, 3.05) is 14.2 Å². The SMILES string of the molecule is C=C(C(=O)NOC)c1ccc(OC)cc1. The number of amides is 1. The minimum atomic E-state index is -0.359. The van der Waals surface area contributed by atoms with Crippen LogP contribution >= 0.6 is 0 Å². The molecule has 0 saturated carbocycles. The zero-order valence-electron chi connectivity index (χ0n) is 8.74. The third-order valence-electron chi connectivity index (χ3n) is 1.91. The first-order valence-electron chi connectivity index (χ1n) is 4.35. The standard InChI is InChI=1S/C11H13NO3/c1-8(11(13)12-15-3)9-4-6-10(14-2)7-5-9/h4-7H,1H2,2-3H3,(H,12,13). The number of methoxy groups -OCH3 is 1. The van der Waals surface area contributed by atoms with Crippen LogP contribution in [0, 0.1) is 0 Å². The first kappa shape index (κ1) is 11.3. The normalized spacial score (nSPS) is 9.47. The maximum Gasteiger partial charge on any atom is 0.274 e. The second-order valence-corrected chi connectivity index (χ2v) is 2.84. The molecule has 0 saturated heterocycles. The molecule has 0 aliphatic carbocycles. The lowest BCUT2D eigenvalue weighted by molar-refractivity contribution is -0.125. The lowest BCUT2D eigenvalue weighted by Gasteiger charge is -2.06. The van der Waals surface area contributed by atoms with Gasteiger partial charge in [-0.15, -0.1) is 0 Å². The number of carbonyl (C=O) groups excluding carboxylic acids is 1. The molecule has 0 aromatic heterocycles. The van der Waals surface area contributed by atoms with Gasteiger partial charge in [0.1, 0.15) is 5.75 Å². The largest absolute Gasteiger partial charge is 0.497 e. The van der Waals surface area contributed by atoms with E-state index in [0.29, 0.717) is 5.57 Å². The van der Waals surface area contributed by atoms with Gasteiger partial charge in [-0.25, -0.2) is 5.48 Å². The van der Waals surface area contributed by atoms with Crippen LogP contribution in [0.1, 0.15) is 5.56 Å². The Bertz CT molecular complexity index is 357. The van der Waals surface area contributed by atoms with Gasteiger partial charge in [-0.3, -0.25) is 9.63 Å².